The molecule has 0 bridgehead atoms. The lowest BCUT2D eigenvalue weighted by Crippen LogP contribution is -2.33. The van der Waals surface area contributed by atoms with Gasteiger partial charge in [0.15, 0.2) is 5.89 Å². The van der Waals surface area contributed by atoms with Crippen LogP contribution in [0.4, 0.5) is 0 Å². The van der Waals surface area contributed by atoms with E-state index in [2.05, 4.69) is 36.0 Å². The molecule has 0 aromatic carbocycles. The van der Waals surface area contributed by atoms with Crippen molar-refractivity contribution in [2.24, 2.45) is 0 Å². The Labute approximate surface area is 145 Å². The van der Waals surface area contributed by atoms with Crippen LogP contribution in [0, 0.1) is 6.92 Å². The maximum Gasteiger partial charge on any atom is 0.191 e. The quantitative estimate of drug-likeness (QED) is 0.712. The van der Waals surface area contributed by atoms with E-state index in [0.29, 0.717) is 5.92 Å². The fraction of sp³-hybridized carbons (Fsp3) is 0.471. The van der Waals surface area contributed by atoms with Gasteiger partial charge in [-0.05, 0) is 25.9 Å². The van der Waals surface area contributed by atoms with Gasteiger partial charge < -0.3 is 8.98 Å². The third-order valence-corrected chi connectivity index (χ3v) is 5.20. The Balaban J connectivity index is 1.37. The average Bonchev–Trinajstić information content (AvgIpc) is 3.32. The van der Waals surface area contributed by atoms with Crippen LogP contribution in [0.3, 0.4) is 0 Å². The van der Waals surface area contributed by atoms with Gasteiger partial charge in [0.25, 0.3) is 0 Å². The van der Waals surface area contributed by atoms with Gasteiger partial charge in [0.05, 0.1) is 23.4 Å². The van der Waals surface area contributed by atoms with Gasteiger partial charge in [-0.15, -0.1) is 11.3 Å². The second kappa shape index (κ2) is 6.86. The fourth-order valence-electron chi connectivity index (χ4n) is 3.36. The molecule has 1 aliphatic heterocycles. The van der Waals surface area contributed by atoms with Gasteiger partial charge in [0.2, 0.25) is 0 Å². The zero-order valence-electron chi connectivity index (χ0n) is 13.8. The van der Waals surface area contributed by atoms with Crippen molar-refractivity contribution >= 4 is 11.3 Å². The molecule has 0 spiro atoms. The Bertz CT molecular complexity index is 771. The SMILES string of the molecule is Cc1nc(CN2CCC(c3nccn3Cc3cscn3)CC2)co1. The van der Waals surface area contributed by atoms with Crippen LogP contribution in [-0.2, 0) is 13.1 Å². The highest BCUT2D eigenvalue weighted by molar-refractivity contribution is 7.07. The molecule has 0 amide bonds. The van der Waals surface area contributed by atoms with Crippen LogP contribution in [0.25, 0.3) is 0 Å². The van der Waals surface area contributed by atoms with Gasteiger partial charge >= 0.3 is 0 Å². The zero-order chi connectivity index (χ0) is 16.4. The molecular formula is C17H21N5OS. The first-order chi connectivity index (χ1) is 11.8. The van der Waals surface area contributed by atoms with Gasteiger partial charge in [-0.2, -0.15) is 0 Å². The number of thiazole rings is 1. The Hall–Kier alpha value is -1.99. The predicted molar refractivity (Wildman–Crippen MR) is 91.9 cm³/mol. The predicted octanol–water partition coefficient (Wildman–Crippen LogP) is 3.06. The fourth-order valence-corrected chi connectivity index (χ4v) is 3.91. The van der Waals surface area contributed by atoms with Crippen molar-refractivity contribution in [2.75, 3.05) is 13.1 Å². The van der Waals surface area contributed by atoms with Gasteiger partial charge in [0.1, 0.15) is 12.1 Å². The Morgan fingerprint density at radius 1 is 1.21 bits per heavy atom. The molecule has 7 heteroatoms. The molecule has 3 aromatic heterocycles. The molecule has 1 saturated heterocycles. The second-order valence-electron chi connectivity index (χ2n) is 6.30. The zero-order valence-corrected chi connectivity index (χ0v) is 14.6. The summed E-state index contributed by atoms with van der Waals surface area (Å²) in [7, 11) is 0. The molecule has 24 heavy (non-hydrogen) atoms. The van der Waals surface area contributed by atoms with E-state index in [4.69, 9.17) is 4.42 Å². The molecule has 126 valence electrons. The average molecular weight is 343 g/mol. The summed E-state index contributed by atoms with van der Waals surface area (Å²) in [6.07, 6.45) is 8.00. The van der Waals surface area contributed by atoms with E-state index in [1.807, 2.05) is 18.6 Å². The molecule has 1 fully saturated rings. The normalized spacial score (nSPS) is 16.7. The summed E-state index contributed by atoms with van der Waals surface area (Å²) >= 11 is 1.64. The van der Waals surface area contributed by atoms with Crippen LogP contribution in [0.5, 0.6) is 0 Å². The van der Waals surface area contributed by atoms with Crippen molar-refractivity contribution in [3.8, 4) is 0 Å². The topological polar surface area (TPSA) is 60.0 Å². The molecule has 0 unspecified atom stereocenters. The molecule has 1 aliphatic rings. The summed E-state index contributed by atoms with van der Waals surface area (Å²) in [6.45, 7) is 5.72. The number of imidazole rings is 1. The third-order valence-electron chi connectivity index (χ3n) is 4.57. The standard InChI is InChI=1S/C17H21N5OS/c1-13-20-15(10-23-13)8-21-5-2-14(3-6-21)17-18-4-7-22(17)9-16-11-24-12-19-16/h4,7,10-12,14H,2-3,5-6,8-9H2,1H3. The van der Waals surface area contributed by atoms with Gasteiger partial charge in [-0.25, -0.2) is 15.0 Å². The number of oxazole rings is 1. The van der Waals surface area contributed by atoms with Crippen molar-refractivity contribution in [1.82, 2.24) is 24.4 Å². The lowest BCUT2D eigenvalue weighted by molar-refractivity contribution is 0.198. The van der Waals surface area contributed by atoms with Crippen LogP contribution in [-0.4, -0.2) is 37.5 Å². The lowest BCUT2D eigenvalue weighted by atomic mass is 9.95. The van der Waals surface area contributed by atoms with Crippen molar-refractivity contribution in [2.45, 2.75) is 38.8 Å². The minimum absolute atomic E-state index is 0.522. The number of rotatable bonds is 5. The molecule has 0 radical (unpaired) electrons. The molecule has 3 aromatic rings. The van der Waals surface area contributed by atoms with Crippen molar-refractivity contribution in [1.29, 1.82) is 0 Å². The second-order valence-corrected chi connectivity index (χ2v) is 7.02. The molecule has 0 saturated carbocycles. The summed E-state index contributed by atoms with van der Waals surface area (Å²) in [4.78, 5) is 15.9. The van der Waals surface area contributed by atoms with E-state index >= 15 is 0 Å². The minimum Gasteiger partial charge on any atom is -0.449 e. The molecule has 0 aliphatic carbocycles. The van der Waals surface area contributed by atoms with E-state index in [0.717, 1.165) is 56.3 Å². The highest BCUT2D eigenvalue weighted by atomic mass is 32.1. The highest BCUT2D eigenvalue weighted by Gasteiger charge is 2.24. The lowest BCUT2D eigenvalue weighted by Gasteiger charge is -2.31. The first kappa shape index (κ1) is 15.5. The van der Waals surface area contributed by atoms with Gasteiger partial charge in [-0.3, -0.25) is 4.90 Å². The summed E-state index contributed by atoms with van der Waals surface area (Å²) < 4.78 is 7.54. The molecule has 0 atom stereocenters. The number of hydrogen-bond donors (Lipinski definition) is 0. The summed E-state index contributed by atoms with van der Waals surface area (Å²) in [5, 5.41) is 2.10. The summed E-state index contributed by atoms with van der Waals surface area (Å²) in [5.74, 6) is 2.46. The number of likely N-dealkylation sites (tertiary alicyclic amines) is 1. The number of aryl methyl sites for hydroxylation is 1. The summed E-state index contributed by atoms with van der Waals surface area (Å²) in [6, 6.07) is 0. The van der Waals surface area contributed by atoms with Crippen LogP contribution in [0.1, 0.15) is 41.9 Å². The number of piperidine rings is 1. The third kappa shape index (κ3) is 3.42. The molecule has 0 N–H and O–H groups in total. The van der Waals surface area contributed by atoms with E-state index < -0.39 is 0 Å². The maximum atomic E-state index is 5.30. The van der Waals surface area contributed by atoms with E-state index in [1.165, 1.54) is 5.82 Å². The molecular weight excluding hydrogens is 322 g/mol. The molecule has 6 nitrogen and oxygen atoms in total. The summed E-state index contributed by atoms with van der Waals surface area (Å²) in [5.41, 5.74) is 4.02. The number of nitrogens with zero attached hydrogens (tertiary/aromatic N) is 5. The van der Waals surface area contributed by atoms with Crippen molar-refractivity contribution < 1.29 is 4.42 Å². The van der Waals surface area contributed by atoms with E-state index in [9.17, 15) is 0 Å². The number of hydrogen-bond acceptors (Lipinski definition) is 6. The van der Waals surface area contributed by atoms with E-state index in [-0.39, 0.29) is 0 Å². The first-order valence-electron chi connectivity index (χ1n) is 8.29. The Morgan fingerprint density at radius 2 is 2.08 bits per heavy atom. The Morgan fingerprint density at radius 3 is 2.79 bits per heavy atom. The van der Waals surface area contributed by atoms with Gasteiger partial charge in [0, 0.05) is 37.2 Å². The molecule has 4 heterocycles. The van der Waals surface area contributed by atoms with E-state index in [1.54, 1.807) is 17.6 Å². The van der Waals surface area contributed by atoms with Crippen LogP contribution < -0.4 is 0 Å². The smallest absolute Gasteiger partial charge is 0.191 e. The monoisotopic (exact) mass is 343 g/mol. The maximum absolute atomic E-state index is 5.30. The largest absolute Gasteiger partial charge is 0.449 e. The minimum atomic E-state index is 0.522. The Kier molecular flexibility index (Phi) is 4.44. The van der Waals surface area contributed by atoms with Crippen LogP contribution in [0.15, 0.2) is 34.0 Å². The van der Waals surface area contributed by atoms with Gasteiger partial charge in [-0.1, -0.05) is 0 Å². The first-order valence-corrected chi connectivity index (χ1v) is 9.23. The van der Waals surface area contributed by atoms with Crippen molar-refractivity contribution in [3.05, 3.63) is 52.7 Å². The highest BCUT2D eigenvalue weighted by Crippen LogP contribution is 2.28. The molecule has 4 rings (SSSR count). The van der Waals surface area contributed by atoms with Crippen molar-refractivity contribution in [3.63, 3.8) is 0 Å². The van der Waals surface area contributed by atoms with Crippen LogP contribution in [0.2, 0.25) is 0 Å². The number of aromatic nitrogens is 4. The van der Waals surface area contributed by atoms with Crippen LogP contribution >= 0.6 is 11.3 Å².